The van der Waals surface area contributed by atoms with Crippen molar-refractivity contribution in [2.75, 3.05) is 0 Å². The summed E-state index contributed by atoms with van der Waals surface area (Å²) < 4.78 is 0. The van der Waals surface area contributed by atoms with Crippen LogP contribution in [0.5, 0.6) is 0 Å². The molecule has 2 rings (SSSR count). The summed E-state index contributed by atoms with van der Waals surface area (Å²) in [5, 5.41) is 10.7. The molecule has 1 N–H and O–H groups in total. The van der Waals surface area contributed by atoms with E-state index < -0.39 is 0 Å². The number of hydrogen-bond donors (Lipinski definition) is 1. The normalized spacial score (nSPS) is 33.5. The molecule has 0 radical (unpaired) electrons. The van der Waals surface area contributed by atoms with Crippen LogP contribution in [-0.4, -0.2) is 11.2 Å². The Morgan fingerprint density at radius 3 is 2.53 bits per heavy atom. The van der Waals surface area contributed by atoms with Crippen LogP contribution in [0.1, 0.15) is 32.3 Å². The SMILES string of the molecule is CC1C(O)C(C)(C)C1c1cccc(Cl)c1. The minimum Gasteiger partial charge on any atom is -0.392 e. The van der Waals surface area contributed by atoms with Gasteiger partial charge in [-0.3, -0.25) is 0 Å². The standard InChI is InChI=1S/C13H17ClO/c1-8-11(13(2,3)12(8)15)9-5-4-6-10(14)7-9/h4-8,11-12,15H,1-3H3. The average molecular weight is 225 g/mol. The van der Waals surface area contributed by atoms with Gasteiger partial charge in [0, 0.05) is 5.02 Å². The van der Waals surface area contributed by atoms with E-state index in [1.54, 1.807) is 0 Å². The van der Waals surface area contributed by atoms with Crippen molar-refractivity contribution in [2.24, 2.45) is 11.3 Å². The van der Waals surface area contributed by atoms with Gasteiger partial charge in [-0.15, -0.1) is 0 Å². The molecule has 0 aromatic heterocycles. The molecule has 3 unspecified atom stereocenters. The van der Waals surface area contributed by atoms with Crippen molar-refractivity contribution in [3.8, 4) is 0 Å². The highest BCUT2D eigenvalue weighted by atomic mass is 35.5. The molecule has 1 aliphatic carbocycles. The third-order valence-electron chi connectivity index (χ3n) is 3.80. The minimum atomic E-state index is -0.207. The van der Waals surface area contributed by atoms with E-state index in [9.17, 15) is 5.11 Å². The van der Waals surface area contributed by atoms with E-state index >= 15 is 0 Å². The van der Waals surface area contributed by atoms with Crippen molar-refractivity contribution in [3.05, 3.63) is 34.9 Å². The lowest BCUT2D eigenvalue weighted by atomic mass is 9.52. The van der Waals surface area contributed by atoms with Crippen LogP contribution in [0.15, 0.2) is 24.3 Å². The van der Waals surface area contributed by atoms with Gasteiger partial charge in [-0.25, -0.2) is 0 Å². The second-order valence-electron chi connectivity index (χ2n) is 5.16. The molecule has 0 saturated heterocycles. The number of halogens is 1. The molecule has 15 heavy (non-hydrogen) atoms. The fraction of sp³-hybridized carbons (Fsp3) is 0.538. The molecular formula is C13H17ClO. The third kappa shape index (κ3) is 1.58. The molecule has 82 valence electrons. The van der Waals surface area contributed by atoms with Crippen LogP contribution in [0, 0.1) is 11.3 Å². The van der Waals surface area contributed by atoms with Gasteiger partial charge in [0.15, 0.2) is 0 Å². The van der Waals surface area contributed by atoms with Gasteiger partial charge < -0.3 is 5.11 Å². The summed E-state index contributed by atoms with van der Waals surface area (Å²) >= 11 is 5.98. The molecule has 2 heteroatoms. The first-order chi connectivity index (χ1) is 6.94. The molecule has 1 aromatic rings. The molecular weight excluding hydrogens is 208 g/mol. The van der Waals surface area contributed by atoms with Crippen molar-refractivity contribution in [2.45, 2.75) is 32.8 Å². The first-order valence-corrected chi connectivity index (χ1v) is 5.76. The Morgan fingerprint density at radius 2 is 2.00 bits per heavy atom. The third-order valence-corrected chi connectivity index (χ3v) is 4.03. The number of hydrogen-bond acceptors (Lipinski definition) is 1. The van der Waals surface area contributed by atoms with Crippen molar-refractivity contribution < 1.29 is 5.11 Å². The molecule has 0 aliphatic heterocycles. The van der Waals surface area contributed by atoms with Crippen molar-refractivity contribution in [3.63, 3.8) is 0 Å². The van der Waals surface area contributed by atoms with Crippen molar-refractivity contribution in [1.29, 1.82) is 0 Å². The summed E-state index contributed by atoms with van der Waals surface area (Å²) in [5.74, 6) is 0.727. The summed E-state index contributed by atoms with van der Waals surface area (Å²) in [6, 6.07) is 7.97. The summed E-state index contributed by atoms with van der Waals surface area (Å²) in [6.45, 7) is 6.33. The Hall–Kier alpha value is -0.530. The maximum absolute atomic E-state index is 9.91. The zero-order valence-electron chi connectivity index (χ0n) is 9.37. The van der Waals surface area contributed by atoms with Gasteiger partial charge in [-0.05, 0) is 34.9 Å². The van der Waals surface area contributed by atoms with E-state index in [1.165, 1.54) is 5.56 Å². The van der Waals surface area contributed by atoms with Gasteiger partial charge in [-0.2, -0.15) is 0 Å². The average Bonchev–Trinajstić information content (AvgIpc) is 2.17. The van der Waals surface area contributed by atoms with Crippen LogP contribution in [-0.2, 0) is 0 Å². The smallest absolute Gasteiger partial charge is 0.0628 e. The van der Waals surface area contributed by atoms with Gasteiger partial charge in [0.05, 0.1) is 6.10 Å². The van der Waals surface area contributed by atoms with E-state index in [-0.39, 0.29) is 11.5 Å². The lowest BCUT2D eigenvalue weighted by Crippen LogP contribution is -2.54. The van der Waals surface area contributed by atoms with Crippen LogP contribution in [0.3, 0.4) is 0 Å². The summed E-state index contributed by atoms with van der Waals surface area (Å²) in [6.07, 6.45) is -0.207. The van der Waals surface area contributed by atoms with Gasteiger partial charge in [-0.1, -0.05) is 44.5 Å². The van der Waals surface area contributed by atoms with E-state index in [0.717, 1.165) is 5.02 Å². The molecule has 3 atom stereocenters. The molecule has 0 heterocycles. The Kier molecular flexibility index (Phi) is 2.56. The van der Waals surface area contributed by atoms with Crippen LogP contribution < -0.4 is 0 Å². The maximum Gasteiger partial charge on any atom is 0.0628 e. The first kappa shape index (κ1) is 11.0. The number of benzene rings is 1. The van der Waals surface area contributed by atoms with Gasteiger partial charge in [0.2, 0.25) is 0 Å². The quantitative estimate of drug-likeness (QED) is 0.775. The summed E-state index contributed by atoms with van der Waals surface area (Å²) in [7, 11) is 0. The molecule has 0 spiro atoms. The molecule has 1 aliphatic rings. The predicted molar refractivity (Wildman–Crippen MR) is 63.1 cm³/mol. The fourth-order valence-corrected chi connectivity index (χ4v) is 3.23. The monoisotopic (exact) mass is 224 g/mol. The zero-order chi connectivity index (χ0) is 11.2. The lowest BCUT2D eigenvalue weighted by Gasteiger charge is -2.55. The van der Waals surface area contributed by atoms with Crippen LogP contribution in [0.4, 0.5) is 0 Å². The second kappa shape index (κ2) is 3.50. The molecule has 1 aromatic carbocycles. The lowest BCUT2D eigenvalue weighted by molar-refractivity contribution is -0.115. The molecule has 0 bridgehead atoms. The van der Waals surface area contributed by atoms with Crippen molar-refractivity contribution in [1.82, 2.24) is 0 Å². The molecule has 0 amide bonds. The molecule has 1 fully saturated rings. The van der Waals surface area contributed by atoms with Crippen LogP contribution in [0.25, 0.3) is 0 Å². The van der Waals surface area contributed by atoms with E-state index in [1.807, 2.05) is 18.2 Å². The van der Waals surface area contributed by atoms with Crippen molar-refractivity contribution >= 4 is 11.6 Å². The molecule has 1 saturated carbocycles. The highest BCUT2D eigenvalue weighted by Gasteiger charge is 2.53. The highest BCUT2D eigenvalue weighted by molar-refractivity contribution is 6.30. The number of aliphatic hydroxyl groups is 1. The van der Waals surface area contributed by atoms with Gasteiger partial charge >= 0.3 is 0 Å². The Bertz CT molecular complexity index is 373. The van der Waals surface area contributed by atoms with E-state index in [2.05, 4.69) is 26.8 Å². The number of rotatable bonds is 1. The van der Waals surface area contributed by atoms with Gasteiger partial charge in [0.1, 0.15) is 0 Å². The van der Waals surface area contributed by atoms with E-state index in [0.29, 0.717) is 11.8 Å². The fourth-order valence-electron chi connectivity index (χ4n) is 3.04. The Balaban J connectivity index is 2.33. The number of aliphatic hydroxyl groups excluding tert-OH is 1. The maximum atomic E-state index is 9.91. The largest absolute Gasteiger partial charge is 0.392 e. The summed E-state index contributed by atoms with van der Waals surface area (Å²) in [5.41, 5.74) is 1.20. The Labute approximate surface area is 96.1 Å². The van der Waals surface area contributed by atoms with Crippen LogP contribution in [0.2, 0.25) is 5.02 Å². The summed E-state index contributed by atoms with van der Waals surface area (Å²) in [4.78, 5) is 0. The van der Waals surface area contributed by atoms with Gasteiger partial charge in [0.25, 0.3) is 0 Å². The first-order valence-electron chi connectivity index (χ1n) is 5.38. The Morgan fingerprint density at radius 1 is 1.33 bits per heavy atom. The zero-order valence-corrected chi connectivity index (χ0v) is 10.1. The van der Waals surface area contributed by atoms with E-state index in [4.69, 9.17) is 11.6 Å². The van der Waals surface area contributed by atoms with Crippen LogP contribution >= 0.6 is 11.6 Å². The second-order valence-corrected chi connectivity index (χ2v) is 5.59. The minimum absolute atomic E-state index is 0.0376. The predicted octanol–water partition coefficient (Wildman–Crippen LogP) is 3.46. The highest BCUT2D eigenvalue weighted by Crippen LogP contribution is 2.56. The topological polar surface area (TPSA) is 20.2 Å². The molecule has 1 nitrogen and oxygen atoms in total.